The second kappa shape index (κ2) is 6.00. The minimum Gasteiger partial charge on any atom is -0.474 e. The lowest BCUT2D eigenvalue weighted by molar-refractivity contribution is 0.310. The molecule has 0 fully saturated rings. The summed E-state index contributed by atoms with van der Waals surface area (Å²) in [4.78, 5) is 0. The minimum atomic E-state index is 0.576. The van der Waals surface area contributed by atoms with Gasteiger partial charge in [-0.15, -0.1) is 0 Å². The number of hydrogen-bond acceptors (Lipinski definition) is 3. The van der Waals surface area contributed by atoms with Gasteiger partial charge in [0.15, 0.2) is 0 Å². The van der Waals surface area contributed by atoms with Crippen molar-refractivity contribution in [3.05, 3.63) is 35.9 Å². The van der Waals surface area contributed by atoms with Crippen LogP contribution in [0.5, 0.6) is 0 Å². The fraction of sp³-hybridized carbons (Fsp3) is 0.300. The highest BCUT2D eigenvalue weighted by atomic mass is 32.2. The van der Waals surface area contributed by atoms with Crippen molar-refractivity contribution < 1.29 is 4.74 Å². The number of benzene rings is 1. The van der Waals surface area contributed by atoms with Crippen molar-refractivity contribution in [2.75, 3.05) is 5.75 Å². The summed E-state index contributed by atoms with van der Waals surface area (Å²) >= 11 is 6.55. The first kappa shape index (κ1) is 10.5. The van der Waals surface area contributed by atoms with Crippen molar-refractivity contribution in [2.45, 2.75) is 13.5 Å². The molecule has 0 bridgehead atoms. The third-order valence-corrected chi connectivity index (χ3v) is 2.58. The van der Waals surface area contributed by atoms with Crippen LogP contribution < -0.4 is 0 Å². The number of thioether (sulfide) groups is 1. The zero-order valence-electron chi connectivity index (χ0n) is 7.53. The quantitative estimate of drug-likeness (QED) is 0.712. The molecule has 0 aliphatic carbocycles. The molecular formula is C10H12OS2. The van der Waals surface area contributed by atoms with Gasteiger partial charge in [0.2, 0.25) is 4.38 Å². The third kappa shape index (κ3) is 4.29. The number of hydrogen-bond donors (Lipinski definition) is 0. The number of ether oxygens (including phenoxy) is 1. The third-order valence-electron chi connectivity index (χ3n) is 1.46. The maximum Gasteiger partial charge on any atom is 0.220 e. The smallest absolute Gasteiger partial charge is 0.220 e. The van der Waals surface area contributed by atoms with Gasteiger partial charge in [0.25, 0.3) is 0 Å². The van der Waals surface area contributed by atoms with Crippen molar-refractivity contribution in [3.8, 4) is 0 Å². The van der Waals surface area contributed by atoms with E-state index in [1.54, 1.807) is 11.8 Å². The van der Waals surface area contributed by atoms with Crippen LogP contribution in [0.15, 0.2) is 30.3 Å². The number of thiocarbonyl (C=S) groups is 1. The van der Waals surface area contributed by atoms with Crippen LogP contribution in [-0.2, 0) is 11.3 Å². The second-order valence-corrected chi connectivity index (χ2v) is 4.32. The van der Waals surface area contributed by atoms with Crippen LogP contribution in [0.2, 0.25) is 0 Å². The summed E-state index contributed by atoms with van der Waals surface area (Å²) in [5.41, 5.74) is 1.15. The van der Waals surface area contributed by atoms with E-state index in [0.717, 1.165) is 11.3 Å². The second-order valence-electron chi connectivity index (χ2n) is 2.46. The fourth-order valence-electron chi connectivity index (χ4n) is 0.876. The average Bonchev–Trinajstić information content (AvgIpc) is 2.17. The molecule has 13 heavy (non-hydrogen) atoms. The highest BCUT2D eigenvalue weighted by molar-refractivity contribution is 8.22. The molecule has 1 rings (SSSR count). The Balaban J connectivity index is 2.31. The first-order valence-corrected chi connectivity index (χ1v) is 5.55. The SMILES string of the molecule is CCSC(=S)OCc1ccccc1. The van der Waals surface area contributed by atoms with Gasteiger partial charge in [-0.25, -0.2) is 0 Å². The molecule has 1 nitrogen and oxygen atoms in total. The Hall–Kier alpha value is -0.540. The van der Waals surface area contributed by atoms with Gasteiger partial charge in [0.05, 0.1) is 0 Å². The molecule has 0 unspecified atom stereocenters. The molecule has 0 saturated heterocycles. The summed E-state index contributed by atoms with van der Waals surface area (Å²) in [6.45, 7) is 2.63. The van der Waals surface area contributed by atoms with Crippen LogP contribution in [0.3, 0.4) is 0 Å². The zero-order valence-corrected chi connectivity index (χ0v) is 9.16. The lowest BCUT2D eigenvalue weighted by Gasteiger charge is -2.05. The molecule has 0 radical (unpaired) electrons. The molecule has 0 spiro atoms. The standard InChI is InChI=1S/C10H12OS2/c1-2-13-10(12)11-8-9-6-4-3-5-7-9/h3-7H,2,8H2,1H3. The van der Waals surface area contributed by atoms with Crippen molar-refractivity contribution in [2.24, 2.45) is 0 Å². The predicted molar refractivity (Wildman–Crippen MR) is 62.0 cm³/mol. The molecule has 0 aliphatic rings. The van der Waals surface area contributed by atoms with Crippen molar-refractivity contribution in [1.29, 1.82) is 0 Å². The fourth-order valence-corrected chi connectivity index (χ4v) is 1.67. The molecule has 0 heterocycles. The lowest BCUT2D eigenvalue weighted by Crippen LogP contribution is -1.97. The van der Waals surface area contributed by atoms with Crippen molar-refractivity contribution in [1.82, 2.24) is 0 Å². The minimum absolute atomic E-state index is 0.576. The van der Waals surface area contributed by atoms with E-state index in [1.807, 2.05) is 30.3 Å². The van der Waals surface area contributed by atoms with Gasteiger partial charge >= 0.3 is 0 Å². The summed E-state index contributed by atoms with van der Waals surface area (Å²) in [6.07, 6.45) is 0. The van der Waals surface area contributed by atoms with E-state index >= 15 is 0 Å². The molecule has 0 saturated carbocycles. The van der Waals surface area contributed by atoms with Gasteiger partial charge in [-0.05, 0) is 23.5 Å². The van der Waals surface area contributed by atoms with E-state index in [-0.39, 0.29) is 0 Å². The molecule has 0 amide bonds. The van der Waals surface area contributed by atoms with E-state index in [0.29, 0.717) is 11.0 Å². The Morgan fingerprint density at radius 1 is 1.38 bits per heavy atom. The van der Waals surface area contributed by atoms with Crippen LogP contribution in [0.1, 0.15) is 12.5 Å². The zero-order chi connectivity index (χ0) is 9.52. The van der Waals surface area contributed by atoms with Gasteiger partial charge < -0.3 is 4.74 Å². The van der Waals surface area contributed by atoms with Crippen molar-refractivity contribution in [3.63, 3.8) is 0 Å². The Morgan fingerprint density at radius 3 is 2.69 bits per heavy atom. The van der Waals surface area contributed by atoms with Crippen LogP contribution in [-0.4, -0.2) is 10.1 Å². The topological polar surface area (TPSA) is 9.23 Å². The highest BCUT2D eigenvalue weighted by Gasteiger charge is 1.96. The van der Waals surface area contributed by atoms with Crippen LogP contribution in [0.4, 0.5) is 0 Å². The van der Waals surface area contributed by atoms with Gasteiger partial charge in [0.1, 0.15) is 6.61 Å². The van der Waals surface area contributed by atoms with E-state index < -0.39 is 0 Å². The monoisotopic (exact) mass is 212 g/mol. The number of rotatable bonds is 3. The van der Waals surface area contributed by atoms with Crippen LogP contribution >= 0.6 is 24.0 Å². The van der Waals surface area contributed by atoms with Crippen LogP contribution in [0.25, 0.3) is 0 Å². The van der Waals surface area contributed by atoms with Crippen LogP contribution in [0, 0.1) is 0 Å². The normalized spacial score (nSPS) is 9.62. The summed E-state index contributed by atoms with van der Waals surface area (Å²) in [7, 11) is 0. The average molecular weight is 212 g/mol. The Labute approximate surface area is 88.5 Å². The Kier molecular flexibility index (Phi) is 4.86. The van der Waals surface area contributed by atoms with E-state index in [2.05, 4.69) is 6.92 Å². The molecule has 0 aromatic heterocycles. The maximum absolute atomic E-state index is 5.36. The summed E-state index contributed by atoms with van der Waals surface area (Å²) < 4.78 is 5.99. The molecule has 0 atom stereocenters. The summed E-state index contributed by atoms with van der Waals surface area (Å²) in [5, 5.41) is 0. The Morgan fingerprint density at radius 2 is 2.08 bits per heavy atom. The summed E-state index contributed by atoms with van der Waals surface area (Å²) in [5.74, 6) is 0.966. The first-order valence-electron chi connectivity index (χ1n) is 4.16. The highest BCUT2D eigenvalue weighted by Crippen LogP contribution is 2.08. The molecular weight excluding hydrogens is 200 g/mol. The molecule has 1 aromatic carbocycles. The largest absolute Gasteiger partial charge is 0.474 e. The first-order chi connectivity index (χ1) is 6.33. The predicted octanol–water partition coefficient (Wildman–Crippen LogP) is 3.24. The molecule has 1 aromatic rings. The van der Waals surface area contributed by atoms with Gasteiger partial charge in [-0.1, -0.05) is 49.0 Å². The van der Waals surface area contributed by atoms with E-state index in [1.165, 1.54) is 0 Å². The van der Waals surface area contributed by atoms with Crippen molar-refractivity contribution >= 4 is 28.4 Å². The summed E-state index contributed by atoms with van der Waals surface area (Å²) in [6, 6.07) is 10.0. The van der Waals surface area contributed by atoms with Gasteiger partial charge in [-0.3, -0.25) is 0 Å². The van der Waals surface area contributed by atoms with E-state index in [9.17, 15) is 0 Å². The molecule has 0 aliphatic heterocycles. The Bertz CT molecular complexity index is 259. The molecule has 0 N–H and O–H groups in total. The molecule has 70 valence electrons. The van der Waals surface area contributed by atoms with E-state index in [4.69, 9.17) is 17.0 Å². The lowest BCUT2D eigenvalue weighted by atomic mass is 10.2. The maximum atomic E-state index is 5.36. The van der Waals surface area contributed by atoms with Gasteiger partial charge in [0, 0.05) is 0 Å². The van der Waals surface area contributed by atoms with Gasteiger partial charge in [-0.2, -0.15) is 0 Å². The molecule has 3 heteroatoms.